The quantitative estimate of drug-likeness (QED) is 0.420. The Morgan fingerprint density at radius 1 is 1.07 bits per heavy atom. The largest absolute Gasteiger partial charge is 0.353 e. The molecule has 2 aromatic carbocycles. The Morgan fingerprint density at radius 3 is 2.47 bits per heavy atom. The van der Waals surface area contributed by atoms with E-state index in [-0.39, 0.29) is 23.3 Å². The van der Waals surface area contributed by atoms with E-state index in [1.807, 2.05) is 56.3 Å². The number of benzene rings is 2. The topological polar surface area (TPSA) is 64.0 Å². The molecular weight excluding hydrogens is 394 g/mol. The lowest BCUT2D eigenvalue weighted by Gasteiger charge is -2.16. The Hall–Kier alpha value is -2.60. The van der Waals surface area contributed by atoms with E-state index in [0.717, 1.165) is 24.1 Å². The number of aromatic nitrogens is 2. The molecule has 6 heteroatoms. The fourth-order valence-corrected chi connectivity index (χ4v) is 4.06. The monoisotopic (exact) mass is 423 g/mol. The van der Waals surface area contributed by atoms with Crippen molar-refractivity contribution in [1.29, 1.82) is 0 Å². The maximum atomic E-state index is 13.2. The average Bonchev–Trinajstić information content (AvgIpc) is 2.72. The number of nitrogens with one attached hydrogen (secondary N) is 1. The van der Waals surface area contributed by atoms with Crippen molar-refractivity contribution >= 4 is 28.6 Å². The maximum absolute atomic E-state index is 13.2. The van der Waals surface area contributed by atoms with Gasteiger partial charge < -0.3 is 5.32 Å². The van der Waals surface area contributed by atoms with E-state index in [1.54, 1.807) is 10.6 Å². The molecule has 1 atom stereocenters. The molecule has 30 heavy (non-hydrogen) atoms. The molecule has 3 aromatic rings. The maximum Gasteiger partial charge on any atom is 0.266 e. The Kier molecular flexibility index (Phi) is 7.32. The molecule has 0 radical (unpaired) electrons. The SMILES string of the molecule is Cc1ccc(-n2c(SCC(=O)N[C@@H](C)CCC(C)C)nc3ccccc3c2=O)cc1. The van der Waals surface area contributed by atoms with E-state index in [9.17, 15) is 9.59 Å². The van der Waals surface area contributed by atoms with Crippen LogP contribution in [-0.2, 0) is 4.79 Å². The number of carbonyl (C=O) groups excluding carboxylic acids is 1. The van der Waals surface area contributed by atoms with Crippen LogP contribution in [0.25, 0.3) is 16.6 Å². The number of rotatable bonds is 8. The smallest absolute Gasteiger partial charge is 0.266 e. The van der Waals surface area contributed by atoms with Gasteiger partial charge in [0.2, 0.25) is 5.91 Å². The van der Waals surface area contributed by atoms with Gasteiger partial charge in [-0.25, -0.2) is 4.98 Å². The summed E-state index contributed by atoms with van der Waals surface area (Å²) in [5.41, 5.74) is 2.37. The van der Waals surface area contributed by atoms with Crippen molar-refractivity contribution in [3.05, 3.63) is 64.4 Å². The van der Waals surface area contributed by atoms with Gasteiger partial charge in [-0.05, 0) is 56.9 Å². The van der Waals surface area contributed by atoms with Gasteiger partial charge in [-0.3, -0.25) is 14.2 Å². The van der Waals surface area contributed by atoms with Crippen molar-refractivity contribution in [2.45, 2.75) is 51.7 Å². The minimum absolute atomic E-state index is 0.0471. The number of hydrogen-bond acceptors (Lipinski definition) is 4. The van der Waals surface area contributed by atoms with Crippen molar-refractivity contribution in [3.8, 4) is 5.69 Å². The highest BCUT2D eigenvalue weighted by atomic mass is 32.2. The van der Waals surface area contributed by atoms with Gasteiger partial charge in [0.15, 0.2) is 5.16 Å². The first kappa shape index (κ1) is 22.1. The van der Waals surface area contributed by atoms with E-state index in [0.29, 0.717) is 22.0 Å². The van der Waals surface area contributed by atoms with Crippen LogP contribution in [-0.4, -0.2) is 27.3 Å². The summed E-state index contributed by atoms with van der Waals surface area (Å²) in [6, 6.07) is 15.2. The number of nitrogens with zero attached hydrogens (tertiary/aromatic N) is 2. The molecule has 0 spiro atoms. The van der Waals surface area contributed by atoms with Gasteiger partial charge in [-0.1, -0.05) is 55.4 Å². The summed E-state index contributed by atoms with van der Waals surface area (Å²) in [6.45, 7) is 8.40. The number of fused-ring (bicyclic) bond motifs is 1. The summed E-state index contributed by atoms with van der Waals surface area (Å²) in [7, 11) is 0. The van der Waals surface area contributed by atoms with Crippen molar-refractivity contribution < 1.29 is 4.79 Å². The van der Waals surface area contributed by atoms with Crippen molar-refractivity contribution in [2.24, 2.45) is 5.92 Å². The van der Waals surface area contributed by atoms with Gasteiger partial charge in [0.25, 0.3) is 5.56 Å². The zero-order valence-corrected chi connectivity index (χ0v) is 18.8. The van der Waals surface area contributed by atoms with Crippen LogP contribution in [0.5, 0.6) is 0 Å². The molecule has 1 aromatic heterocycles. The van der Waals surface area contributed by atoms with Crippen LogP contribution in [0.2, 0.25) is 0 Å². The highest BCUT2D eigenvalue weighted by Gasteiger charge is 2.15. The second-order valence-electron chi connectivity index (χ2n) is 8.12. The molecule has 0 aliphatic heterocycles. The number of hydrogen-bond donors (Lipinski definition) is 1. The molecule has 0 aliphatic rings. The van der Waals surface area contributed by atoms with Crippen LogP contribution >= 0.6 is 11.8 Å². The number of carbonyl (C=O) groups is 1. The van der Waals surface area contributed by atoms with Crippen LogP contribution in [0.1, 0.15) is 39.2 Å². The predicted octanol–water partition coefficient (Wildman–Crippen LogP) is 4.73. The van der Waals surface area contributed by atoms with E-state index >= 15 is 0 Å². The van der Waals surface area contributed by atoms with Crippen LogP contribution < -0.4 is 10.9 Å². The molecule has 0 unspecified atom stereocenters. The highest BCUT2D eigenvalue weighted by molar-refractivity contribution is 7.99. The third kappa shape index (κ3) is 5.51. The molecule has 0 saturated carbocycles. The van der Waals surface area contributed by atoms with Crippen molar-refractivity contribution in [2.75, 3.05) is 5.75 Å². The number of para-hydroxylation sites is 1. The van der Waals surface area contributed by atoms with E-state index in [4.69, 9.17) is 4.98 Å². The van der Waals surface area contributed by atoms with Crippen LogP contribution in [0, 0.1) is 12.8 Å². The molecule has 1 N–H and O–H groups in total. The molecule has 0 saturated heterocycles. The summed E-state index contributed by atoms with van der Waals surface area (Å²) in [5.74, 6) is 0.779. The summed E-state index contributed by atoms with van der Waals surface area (Å²) in [6.07, 6.45) is 2.03. The number of aryl methyl sites for hydroxylation is 1. The number of amides is 1. The summed E-state index contributed by atoms with van der Waals surface area (Å²) in [4.78, 5) is 30.4. The average molecular weight is 424 g/mol. The summed E-state index contributed by atoms with van der Waals surface area (Å²) in [5, 5.41) is 4.13. The zero-order valence-electron chi connectivity index (χ0n) is 18.0. The van der Waals surface area contributed by atoms with Gasteiger partial charge in [-0.15, -0.1) is 0 Å². The summed E-state index contributed by atoms with van der Waals surface area (Å²) >= 11 is 1.29. The fraction of sp³-hybridized carbons (Fsp3) is 0.375. The number of thioether (sulfide) groups is 1. The zero-order chi connectivity index (χ0) is 21.7. The van der Waals surface area contributed by atoms with Gasteiger partial charge in [0.05, 0.1) is 22.3 Å². The second-order valence-corrected chi connectivity index (χ2v) is 9.06. The van der Waals surface area contributed by atoms with Crippen LogP contribution in [0.4, 0.5) is 0 Å². The molecule has 158 valence electrons. The Balaban J connectivity index is 1.85. The third-order valence-corrected chi connectivity index (χ3v) is 5.89. The Labute approximate surface area is 181 Å². The molecule has 0 fully saturated rings. The standard InChI is InChI=1S/C24H29N3O2S/c1-16(2)9-12-18(4)25-22(28)15-30-24-26-21-8-6-5-7-20(21)23(29)27(24)19-13-10-17(3)11-14-19/h5-8,10-11,13-14,16,18H,9,12,15H2,1-4H3,(H,25,28)/t18-/m0/s1. The highest BCUT2D eigenvalue weighted by Crippen LogP contribution is 2.21. The molecule has 1 amide bonds. The minimum Gasteiger partial charge on any atom is -0.353 e. The lowest BCUT2D eigenvalue weighted by Crippen LogP contribution is -2.34. The molecule has 0 aliphatic carbocycles. The van der Waals surface area contributed by atoms with Crippen LogP contribution in [0.3, 0.4) is 0 Å². The summed E-state index contributed by atoms with van der Waals surface area (Å²) < 4.78 is 1.60. The second kappa shape index (κ2) is 9.94. The Morgan fingerprint density at radius 2 is 1.77 bits per heavy atom. The third-order valence-electron chi connectivity index (χ3n) is 4.95. The van der Waals surface area contributed by atoms with Gasteiger partial charge in [0.1, 0.15) is 0 Å². The lowest BCUT2D eigenvalue weighted by molar-refractivity contribution is -0.119. The van der Waals surface area contributed by atoms with E-state index in [2.05, 4.69) is 19.2 Å². The van der Waals surface area contributed by atoms with Crippen LogP contribution in [0.15, 0.2) is 58.5 Å². The minimum atomic E-state index is -0.127. The molecule has 3 rings (SSSR count). The van der Waals surface area contributed by atoms with Crippen molar-refractivity contribution in [3.63, 3.8) is 0 Å². The first-order valence-electron chi connectivity index (χ1n) is 10.4. The van der Waals surface area contributed by atoms with Crippen molar-refractivity contribution in [1.82, 2.24) is 14.9 Å². The predicted molar refractivity (Wildman–Crippen MR) is 124 cm³/mol. The van der Waals surface area contributed by atoms with Gasteiger partial charge in [-0.2, -0.15) is 0 Å². The Bertz CT molecular complexity index is 1070. The first-order valence-corrected chi connectivity index (χ1v) is 11.3. The molecule has 1 heterocycles. The van der Waals surface area contributed by atoms with E-state index < -0.39 is 0 Å². The van der Waals surface area contributed by atoms with E-state index in [1.165, 1.54) is 11.8 Å². The van der Waals surface area contributed by atoms with Gasteiger partial charge >= 0.3 is 0 Å². The normalized spacial score (nSPS) is 12.3. The van der Waals surface area contributed by atoms with Gasteiger partial charge in [0, 0.05) is 6.04 Å². The lowest BCUT2D eigenvalue weighted by atomic mass is 10.0. The molecular formula is C24H29N3O2S. The molecule has 5 nitrogen and oxygen atoms in total. The fourth-order valence-electron chi connectivity index (χ4n) is 3.23. The molecule has 0 bridgehead atoms. The first-order chi connectivity index (χ1) is 14.3.